The Balaban J connectivity index is 0. The highest BCUT2D eigenvalue weighted by atomic mass is 16.4. The van der Waals surface area contributed by atoms with E-state index in [0.29, 0.717) is 0 Å². The summed E-state index contributed by atoms with van der Waals surface area (Å²) < 4.78 is 0. The summed E-state index contributed by atoms with van der Waals surface area (Å²) in [4.78, 5) is 23.4. The van der Waals surface area contributed by atoms with Crippen LogP contribution >= 0.6 is 0 Å². The van der Waals surface area contributed by atoms with Crippen molar-refractivity contribution in [3.8, 4) is 0 Å². The van der Waals surface area contributed by atoms with Crippen molar-refractivity contribution in [1.29, 1.82) is 0 Å². The van der Waals surface area contributed by atoms with Crippen molar-refractivity contribution >= 4 is 11.9 Å². The number of carboxylic acid groups (broad SMARTS) is 2. The van der Waals surface area contributed by atoms with E-state index in [1.54, 1.807) is 4.90 Å². The Labute approximate surface area is 147 Å². The predicted octanol–water partition coefficient (Wildman–Crippen LogP) is 3.21. The van der Waals surface area contributed by atoms with Crippen LogP contribution in [0.15, 0.2) is 0 Å². The zero-order valence-electron chi connectivity index (χ0n) is 16.8. The van der Waals surface area contributed by atoms with Gasteiger partial charge in [0.05, 0.1) is 13.1 Å². The van der Waals surface area contributed by atoms with Gasteiger partial charge in [0.25, 0.3) is 0 Å². The Morgan fingerprint density at radius 3 is 1.50 bits per heavy atom. The average molecular weight is 347 g/mol. The van der Waals surface area contributed by atoms with Gasteiger partial charge in [0.2, 0.25) is 0 Å². The number of hydrogen-bond acceptors (Lipinski definition) is 4. The Morgan fingerprint density at radius 2 is 1.25 bits per heavy atom. The molecule has 6 nitrogen and oxygen atoms in total. The summed E-state index contributed by atoms with van der Waals surface area (Å²) in [6, 6.07) is -0.0431. The molecule has 1 rings (SSSR count). The monoisotopic (exact) mass is 346 g/mol. The molecule has 0 atom stereocenters. The van der Waals surface area contributed by atoms with Gasteiger partial charge in [0.15, 0.2) is 0 Å². The molecular formula is C18H38N2O4. The summed E-state index contributed by atoms with van der Waals surface area (Å²) in [5, 5.41) is 21.4. The van der Waals surface area contributed by atoms with Crippen molar-refractivity contribution in [2.45, 2.75) is 91.8 Å². The molecule has 6 heteroatoms. The van der Waals surface area contributed by atoms with Gasteiger partial charge in [-0.1, -0.05) is 34.1 Å². The van der Waals surface area contributed by atoms with Gasteiger partial charge in [-0.15, -0.1) is 0 Å². The molecule has 1 aliphatic rings. The fourth-order valence-corrected chi connectivity index (χ4v) is 3.19. The fraction of sp³-hybridized carbons (Fsp3) is 0.889. The minimum atomic E-state index is -0.990. The molecule has 1 heterocycles. The van der Waals surface area contributed by atoms with Gasteiger partial charge in [0, 0.05) is 17.1 Å². The molecule has 3 N–H and O–H groups in total. The van der Waals surface area contributed by atoms with E-state index >= 15 is 0 Å². The minimum absolute atomic E-state index is 0.0431. The largest absolute Gasteiger partial charge is 0.480 e. The molecule has 1 saturated heterocycles. The molecule has 0 aromatic rings. The minimum Gasteiger partial charge on any atom is -0.480 e. The van der Waals surface area contributed by atoms with Gasteiger partial charge < -0.3 is 15.5 Å². The first kappa shape index (κ1) is 25.1. The second-order valence-corrected chi connectivity index (χ2v) is 7.35. The quantitative estimate of drug-likeness (QED) is 0.708. The van der Waals surface area contributed by atoms with Crippen molar-refractivity contribution < 1.29 is 19.8 Å². The smallest absolute Gasteiger partial charge is 0.317 e. The number of piperidine rings is 1. The third-order valence-electron chi connectivity index (χ3n) is 3.36. The highest BCUT2D eigenvalue weighted by Crippen LogP contribution is 2.31. The lowest BCUT2D eigenvalue weighted by atomic mass is 9.79. The maximum absolute atomic E-state index is 10.9. The molecule has 0 amide bonds. The molecule has 0 spiro atoms. The van der Waals surface area contributed by atoms with Crippen molar-refractivity contribution in [1.82, 2.24) is 10.2 Å². The molecule has 0 saturated carbocycles. The van der Waals surface area contributed by atoms with Crippen LogP contribution in [-0.2, 0) is 9.59 Å². The molecule has 144 valence electrons. The van der Waals surface area contributed by atoms with Crippen LogP contribution in [0.25, 0.3) is 0 Å². The second-order valence-electron chi connectivity index (χ2n) is 7.35. The molecule has 0 aromatic carbocycles. The molecule has 0 bridgehead atoms. The van der Waals surface area contributed by atoms with Gasteiger partial charge in [-0.25, -0.2) is 0 Å². The standard InChI is InChI=1S/C13H24N2O4.C3H8.C2H6/c1-12(2)5-9(6-13(3,4)14-12)15(7-10(16)17)8-11(18)19;1-3-2;1-2/h9,14H,5-8H2,1-4H3,(H,16,17)(H,18,19);3H2,1-2H3;1-2H3. The van der Waals surface area contributed by atoms with Crippen molar-refractivity contribution in [3.63, 3.8) is 0 Å². The third-order valence-corrected chi connectivity index (χ3v) is 3.36. The Hall–Kier alpha value is -1.14. The zero-order chi connectivity index (χ0) is 19.6. The first-order chi connectivity index (χ1) is 10.9. The first-order valence-electron chi connectivity index (χ1n) is 8.89. The molecule has 0 radical (unpaired) electrons. The summed E-state index contributed by atoms with van der Waals surface area (Å²) in [5.74, 6) is -1.98. The summed E-state index contributed by atoms with van der Waals surface area (Å²) in [5.41, 5.74) is -0.274. The predicted molar refractivity (Wildman–Crippen MR) is 98.5 cm³/mol. The maximum Gasteiger partial charge on any atom is 0.317 e. The van der Waals surface area contributed by atoms with Crippen molar-refractivity contribution in [2.24, 2.45) is 0 Å². The van der Waals surface area contributed by atoms with Crippen LogP contribution in [-0.4, -0.2) is 57.3 Å². The average Bonchev–Trinajstić information content (AvgIpc) is 2.36. The fourth-order valence-electron chi connectivity index (χ4n) is 3.19. The molecular weight excluding hydrogens is 308 g/mol. The lowest BCUT2D eigenvalue weighted by Crippen LogP contribution is -2.63. The van der Waals surface area contributed by atoms with E-state index in [0.717, 1.165) is 12.8 Å². The van der Waals surface area contributed by atoms with E-state index in [4.69, 9.17) is 10.2 Å². The maximum atomic E-state index is 10.9. The first-order valence-corrected chi connectivity index (χ1v) is 8.89. The molecule has 0 aliphatic carbocycles. The molecule has 1 fully saturated rings. The summed E-state index contributed by atoms with van der Waals surface area (Å²) in [6.45, 7) is 16.0. The van der Waals surface area contributed by atoms with Crippen LogP contribution in [0.4, 0.5) is 0 Å². The van der Waals surface area contributed by atoms with Crippen molar-refractivity contribution in [3.05, 3.63) is 0 Å². The third kappa shape index (κ3) is 11.4. The molecule has 1 aliphatic heterocycles. The highest BCUT2D eigenvalue weighted by molar-refractivity contribution is 5.72. The van der Waals surface area contributed by atoms with E-state index in [1.807, 2.05) is 13.8 Å². The topological polar surface area (TPSA) is 89.9 Å². The number of rotatable bonds is 5. The number of aliphatic carboxylic acids is 2. The molecule has 0 aromatic heterocycles. The van der Waals surface area contributed by atoms with Crippen LogP contribution in [0, 0.1) is 0 Å². The van der Waals surface area contributed by atoms with Crippen LogP contribution in [0.1, 0.15) is 74.7 Å². The van der Waals surface area contributed by atoms with Crippen LogP contribution < -0.4 is 5.32 Å². The van der Waals surface area contributed by atoms with Gasteiger partial charge in [0.1, 0.15) is 0 Å². The van der Waals surface area contributed by atoms with Gasteiger partial charge in [-0.05, 0) is 40.5 Å². The van der Waals surface area contributed by atoms with Gasteiger partial charge >= 0.3 is 11.9 Å². The van der Waals surface area contributed by atoms with Crippen molar-refractivity contribution in [2.75, 3.05) is 13.1 Å². The highest BCUT2D eigenvalue weighted by Gasteiger charge is 2.40. The molecule has 0 unspecified atom stereocenters. The van der Waals surface area contributed by atoms with Gasteiger partial charge in [-0.2, -0.15) is 0 Å². The summed E-state index contributed by atoms with van der Waals surface area (Å²) in [6.07, 6.45) is 2.72. The summed E-state index contributed by atoms with van der Waals surface area (Å²) >= 11 is 0. The number of carbonyl (C=O) groups is 2. The van der Waals surface area contributed by atoms with E-state index in [-0.39, 0.29) is 30.2 Å². The summed E-state index contributed by atoms with van der Waals surface area (Å²) in [7, 11) is 0. The Bertz CT molecular complexity index is 349. The SMILES string of the molecule is CC.CC1(C)CC(N(CC(=O)O)CC(=O)O)CC(C)(C)N1.CCC. The second kappa shape index (κ2) is 11.4. The van der Waals surface area contributed by atoms with E-state index in [9.17, 15) is 9.59 Å². The lowest BCUT2D eigenvalue weighted by molar-refractivity contribution is -0.143. The van der Waals surface area contributed by atoms with Crippen LogP contribution in [0.3, 0.4) is 0 Å². The molecule has 24 heavy (non-hydrogen) atoms. The Morgan fingerprint density at radius 1 is 0.958 bits per heavy atom. The van der Waals surface area contributed by atoms with Crippen LogP contribution in [0.2, 0.25) is 0 Å². The Kier molecular flexibility index (Phi) is 11.9. The number of hydrogen-bond donors (Lipinski definition) is 3. The number of carboxylic acids is 2. The van der Waals surface area contributed by atoms with E-state index in [2.05, 4.69) is 46.9 Å². The lowest BCUT2D eigenvalue weighted by Gasteiger charge is -2.49. The number of nitrogens with one attached hydrogen (secondary N) is 1. The van der Waals surface area contributed by atoms with E-state index in [1.165, 1.54) is 6.42 Å². The normalized spacial score (nSPS) is 18.7. The van der Waals surface area contributed by atoms with Gasteiger partial charge in [-0.3, -0.25) is 14.5 Å². The zero-order valence-corrected chi connectivity index (χ0v) is 16.8. The number of nitrogens with zero attached hydrogens (tertiary/aromatic N) is 1. The van der Waals surface area contributed by atoms with E-state index < -0.39 is 11.9 Å². The van der Waals surface area contributed by atoms with Crippen LogP contribution in [0.5, 0.6) is 0 Å².